The number of aromatic amines is 1. The summed E-state index contributed by atoms with van der Waals surface area (Å²) in [7, 11) is 0. The number of hydrogen-bond donors (Lipinski definition) is 2. The lowest BCUT2D eigenvalue weighted by atomic mass is 10.0. The van der Waals surface area contributed by atoms with Crippen LogP contribution in [0.4, 0.5) is 0 Å². The van der Waals surface area contributed by atoms with Crippen molar-refractivity contribution >= 4 is 16.7 Å². The van der Waals surface area contributed by atoms with Gasteiger partial charge in [-0.1, -0.05) is 36.4 Å². The Morgan fingerprint density at radius 2 is 1.75 bits per heavy atom. The van der Waals surface area contributed by atoms with E-state index in [9.17, 15) is 9.59 Å². The lowest BCUT2D eigenvalue weighted by Gasteiger charge is -2.04. The summed E-state index contributed by atoms with van der Waals surface area (Å²) in [6, 6.07) is 14.8. The molecule has 0 aliphatic rings. The first-order chi connectivity index (χ1) is 9.65. The third-order valence-corrected chi connectivity index (χ3v) is 3.21. The molecule has 0 aliphatic heterocycles. The largest absolute Gasteiger partial charge is 0.478 e. The second-order valence-electron chi connectivity index (χ2n) is 4.50. The number of H-pyrrole nitrogens is 1. The first-order valence-corrected chi connectivity index (χ1v) is 6.10. The Kier molecular flexibility index (Phi) is 2.84. The van der Waals surface area contributed by atoms with Crippen LogP contribution in [0.25, 0.3) is 21.9 Å². The molecule has 1 aromatic heterocycles. The van der Waals surface area contributed by atoms with Crippen molar-refractivity contribution in [1.29, 1.82) is 0 Å². The van der Waals surface area contributed by atoms with Crippen LogP contribution in [0.3, 0.4) is 0 Å². The Morgan fingerprint density at radius 1 is 1.00 bits per heavy atom. The van der Waals surface area contributed by atoms with Crippen LogP contribution in [0.2, 0.25) is 0 Å². The molecule has 0 saturated carbocycles. The molecule has 4 heteroatoms. The topological polar surface area (TPSA) is 70.2 Å². The average molecular weight is 265 g/mol. The molecule has 2 N–H and O–H groups in total. The van der Waals surface area contributed by atoms with Crippen molar-refractivity contribution in [2.45, 2.75) is 0 Å². The third-order valence-electron chi connectivity index (χ3n) is 3.21. The number of carbonyl (C=O) groups is 1. The highest BCUT2D eigenvalue weighted by Gasteiger charge is 2.09. The summed E-state index contributed by atoms with van der Waals surface area (Å²) in [5.41, 5.74) is 0.821. The molecule has 4 nitrogen and oxygen atoms in total. The molecule has 0 bridgehead atoms. The molecule has 1 heterocycles. The second kappa shape index (κ2) is 4.66. The van der Waals surface area contributed by atoms with Crippen molar-refractivity contribution < 1.29 is 9.90 Å². The SMILES string of the molecule is O=C(O)c1c[nH]c(=O)c(-c2ccc3ccccc3c2)c1. The maximum atomic E-state index is 11.9. The molecule has 0 unspecified atom stereocenters. The quantitative estimate of drug-likeness (QED) is 0.748. The maximum Gasteiger partial charge on any atom is 0.337 e. The van der Waals surface area contributed by atoms with Crippen LogP contribution in [0.1, 0.15) is 10.4 Å². The minimum absolute atomic E-state index is 0.0627. The summed E-state index contributed by atoms with van der Waals surface area (Å²) in [6.45, 7) is 0. The van der Waals surface area contributed by atoms with E-state index in [-0.39, 0.29) is 11.1 Å². The molecular weight excluding hydrogens is 254 g/mol. The molecule has 3 rings (SSSR count). The van der Waals surface area contributed by atoms with Gasteiger partial charge in [-0.25, -0.2) is 4.79 Å². The molecule has 0 fully saturated rings. The van der Waals surface area contributed by atoms with Crippen molar-refractivity contribution in [3.63, 3.8) is 0 Å². The maximum absolute atomic E-state index is 11.9. The molecule has 0 aliphatic carbocycles. The van der Waals surface area contributed by atoms with E-state index in [4.69, 9.17) is 5.11 Å². The molecule has 0 spiro atoms. The van der Waals surface area contributed by atoms with Gasteiger partial charge in [0.25, 0.3) is 5.56 Å². The fraction of sp³-hybridized carbons (Fsp3) is 0. The van der Waals surface area contributed by atoms with Gasteiger partial charge in [0, 0.05) is 11.8 Å². The first kappa shape index (κ1) is 12.2. The number of carboxylic acid groups (broad SMARTS) is 1. The smallest absolute Gasteiger partial charge is 0.337 e. The highest BCUT2D eigenvalue weighted by Crippen LogP contribution is 2.22. The van der Waals surface area contributed by atoms with E-state index in [1.165, 1.54) is 12.3 Å². The minimum atomic E-state index is -1.07. The molecular formula is C16H11NO3. The lowest BCUT2D eigenvalue weighted by Crippen LogP contribution is -2.11. The summed E-state index contributed by atoms with van der Waals surface area (Å²) in [6.07, 6.45) is 1.20. The van der Waals surface area contributed by atoms with Crippen LogP contribution in [-0.2, 0) is 0 Å². The van der Waals surface area contributed by atoms with E-state index < -0.39 is 5.97 Å². The summed E-state index contributed by atoms with van der Waals surface area (Å²) in [5.74, 6) is -1.07. The standard InChI is InChI=1S/C16H11NO3/c18-15-14(8-13(9-17-15)16(19)20)12-6-5-10-3-1-2-4-11(10)7-12/h1-9H,(H,17,18)(H,19,20). The Balaban J connectivity index is 2.22. The van der Waals surface area contributed by atoms with Crippen LogP contribution >= 0.6 is 0 Å². The van der Waals surface area contributed by atoms with Gasteiger partial charge in [0.1, 0.15) is 0 Å². The number of pyridine rings is 1. The molecule has 3 aromatic rings. The summed E-state index contributed by atoms with van der Waals surface area (Å²) >= 11 is 0. The number of rotatable bonds is 2. The van der Waals surface area contributed by atoms with Gasteiger partial charge in [-0.05, 0) is 28.5 Å². The summed E-state index contributed by atoms with van der Waals surface area (Å²) < 4.78 is 0. The Bertz CT molecular complexity index is 865. The molecule has 0 atom stereocenters. The number of fused-ring (bicyclic) bond motifs is 1. The van der Waals surface area contributed by atoms with E-state index in [0.717, 1.165) is 10.8 Å². The van der Waals surface area contributed by atoms with Gasteiger partial charge in [-0.2, -0.15) is 0 Å². The number of hydrogen-bond acceptors (Lipinski definition) is 2. The minimum Gasteiger partial charge on any atom is -0.478 e. The number of aromatic carboxylic acids is 1. The van der Waals surface area contributed by atoms with Gasteiger partial charge in [0.05, 0.1) is 5.56 Å². The number of aromatic nitrogens is 1. The van der Waals surface area contributed by atoms with Gasteiger partial charge >= 0.3 is 5.97 Å². The first-order valence-electron chi connectivity index (χ1n) is 6.10. The second-order valence-corrected chi connectivity index (χ2v) is 4.50. The Labute approximate surface area is 114 Å². The summed E-state index contributed by atoms with van der Waals surface area (Å²) in [5, 5.41) is 11.1. The number of nitrogens with one attached hydrogen (secondary N) is 1. The average Bonchev–Trinajstić information content (AvgIpc) is 2.47. The van der Waals surface area contributed by atoms with Crippen LogP contribution in [-0.4, -0.2) is 16.1 Å². The monoisotopic (exact) mass is 265 g/mol. The van der Waals surface area contributed by atoms with Crippen molar-refractivity contribution in [2.24, 2.45) is 0 Å². The normalized spacial score (nSPS) is 10.6. The zero-order valence-electron chi connectivity index (χ0n) is 10.5. The molecule has 2 aromatic carbocycles. The highest BCUT2D eigenvalue weighted by molar-refractivity contribution is 5.90. The van der Waals surface area contributed by atoms with E-state index in [0.29, 0.717) is 11.1 Å². The fourth-order valence-electron chi connectivity index (χ4n) is 2.18. The van der Waals surface area contributed by atoms with Crippen LogP contribution in [0.5, 0.6) is 0 Å². The van der Waals surface area contributed by atoms with Gasteiger partial charge in [-0.3, -0.25) is 4.79 Å². The predicted molar refractivity (Wildman–Crippen MR) is 77.0 cm³/mol. The predicted octanol–water partition coefficient (Wildman–Crippen LogP) is 2.89. The van der Waals surface area contributed by atoms with E-state index >= 15 is 0 Å². The molecule has 0 radical (unpaired) electrons. The van der Waals surface area contributed by atoms with Crippen LogP contribution in [0.15, 0.2) is 59.5 Å². The van der Waals surface area contributed by atoms with Gasteiger partial charge in [0.15, 0.2) is 0 Å². The third kappa shape index (κ3) is 2.07. The summed E-state index contributed by atoms with van der Waals surface area (Å²) in [4.78, 5) is 25.3. The molecule has 98 valence electrons. The molecule has 0 saturated heterocycles. The lowest BCUT2D eigenvalue weighted by molar-refractivity contribution is 0.0696. The van der Waals surface area contributed by atoms with Crippen molar-refractivity contribution in [3.05, 3.63) is 70.6 Å². The molecule has 0 amide bonds. The number of benzene rings is 2. The Morgan fingerprint density at radius 3 is 2.50 bits per heavy atom. The van der Waals surface area contributed by atoms with E-state index in [1.807, 2.05) is 42.5 Å². The zero-order chi connectivity index (χ0) is 14.1. The van der Waals surface area contributed by atoms with Crippen molar-refractivity contribution in [3.8, 4) is 11.1 Å². The van der Waals surface area contributed by atoms with Crippen LogP contribution < -0.4 is 5.56 Å². The van der Waals surface area contributed by atoms with Crippen molar-refractivity contribution in [1.82, 2.24) is 4.98 Å². The fourth-order valence-corrected chi connectivity index (χ4v) is 2.18. The van der Waals surface area contributed by atoms with Crippen LogP contribution in [0, 0.1) is 0 Å². The van der Waals surface area contributed by atoms with E-state index in [1.54, 1.807) is 0 Å². The van der Waals surface area contributed by atoms with Gasteiger partial charge in [0.2, 0.25) is 0 Å². The van der Waals surface area contributed by atoms with Gasteiger partial charge in [-0.15, -0.1) is 0 Å². The zero-order valence-corrected chi connectivity index (χ0v) is 10.5. The van der Waals surface area contributed by atoms with Gasteiger partial charge < -0.3 is 10.1 Å². The number of carboxylic acids is 1. The molecule has 20 heavy (non-hydrogen) atoms. The highest BCUT2D eigenvalue weighted by atomic mass is 16.4. The van der Waals surface area contributed by atoms with E-state index in [2.05, 4.69) is 4.98 Å². The van der Waals surface area contributed by atoms with Crippen molar-refractivity contribution in [2.75, 3.05) is 0 Å². The Hall–Kier alpha value is -2.88.